The third-order valence-electron chi connectivity index (χ3n) is 3.51. The van der Waals surface area contributed by atoms with Crippen molar-refractivity contribution in [3.8, 4) is 0 Å². The number of carbonyl (C=O) groups is 1. The molecule has 1 unspecified atom stereocenters. The van der Waals surface area contributed by atoms with Crippen LogP contribution in [-0.4, -0.2) is 18.0 Å². The first-order valence-corrected chi connectivity index (χ1v) is 7.86. The van der Waals surface area contributed by atoms with Gasteiger partial charge in [-0.2, -0.15) is 0 Å². The second-order valence-electron chi connectivity index (χ2n) is 6.99. The molecule has 0 saturated heterocycles. The van der Waals surface area contributed by atoms with Gasteiger partial charge in [-0.15, -0.1) is 0 Å². The summed E-state index contributed by atoms with van der Waals surface area (Å²) < 4.78 is 0. The summed E-state index contributed by atoms with van der Waals surface area (Å²) in [5.41, 5.74) is 2.45. The van der Waals surface area contributed by atoms with E-state index in [2.05, 4.69) is 76.4 Å². The molecule has 0 bridgehead atoms. The summed E-state index contributed by atoms with van der Waals surface area (Å²) in [5.74, 6) is 0.402. The van der Waals surface area contributed by atoms with Gasteiger partial charge in [0.15, 0.2) is 0 Å². The van der Waals surface area contributed by atoms with Crippen LogP contribution in [0.3, 0.4) is 0 Å². The zero-order valence-electron chi connectivity index (χ0n) is 14.3. The molecule has 2 N–H and O–H groups in total. The average molecular weight is 290 g/mol. The number of benzene rings is 1. The first-order valence-electron chi connectivity index (χ1n) is 7.86. The van der Waals surface area contributed by atoms with E-state index in [1.807, 2.05) is 0 Å². The van der Waals surface area contributed by atoms with Crippen LogP contribution in [0.1, 0.15) is 58.7 Å². The van der Waals surface area contributed by atoms with E-state index < -0.39 is 0 Å². The van der Waals surface area contributed by atoms with Crippen LogP contribution >= 0.6 is 0 Å². The van der Waals surface area contributed by atoms with Gasteiger partial charge in [-0.05, 0) is 44.2 Å². The van der Waals surface area contributed by atoms with E-state index in [9.17, 15) is 4.79 Å². The first kappa shape index (κ1) is 17.7. The molecule has 0 fully saturated rings. The Labute approximate surface area is 129 Å². The summed E-state index contributed by atoms with van der Waals surface area (Å²) in [5, 5.41) is 6.36. The van der Waals surface area contributed by atoms with E-state index >= 15 is 0 Å². The molecule has 3 nitrogen and oxygen atoms in total. The fourth-order valence-corrected chi connectivity index (χ4v) is 2.17. The van der Waals surface area contributed by atoms with Crippen LogP contribution in [-0.2, 0) is 11.2 Å². The third kappa shape index (κ3) is 6.30. The van der Waals surface area contributed by atoms with Crippen LogP contribution in [0.25, 0.3) is 0 Å². The summed E-state index contributed by atoms with van der Waals surface area (Å²) in [7, 11) is 0. The van der Waals surface area contributed by atoms with Crippen molar-refractivity contribution in [2.45, 2.75) is 59.5 Å². The Balaban J connectivity index is 2.71. The van der Waals surface area contributed by atoms with Crippen molar-refractivity contribution in [3.63, 3.8) is 0 Å². The number of hydrogen-bond acceptors (Lipinski definition) is 2. The highest BCUT2D eigenvalue weighted by Gasteiger charge is 2.19. The minimum atomic E-state index is -0.0482. The van der Waals surface area contributed by atoms with Crippen molar-refractivity contribution in [1.82, 2.24) is 10.6 Å². The number of nitrogens with one attached hydrogen (secondary N) is 2. The highest BCUT2D eigenvalue weighted by atomic mass is 16.2. The highest BCUT2D eigenvalue weighted by Crippen LogP contribution is 2.22. The maximum absolute atomic E-state index is 12.1. The molecule has 3 heteroatoms. The lowest BCUT2D eigenvalue weighted by atomic mass is 9.95. The van der Waals surface area contributed by atoms with Gasteiger partial charge < -0.3 is 10.6 Å². The van der Waals surface area contributed by atoms with E-state index in [0.29, 0.717) is 12.5 Å². The molecule has 1 atom stereocenters. The summed E-state index contributed by atoms with van der Waals surface area (Å²) in [4.78, 5) is 12.1. The molecule has 0 aliphatic heterocycles. The highest BCUT2D eigenvalue weighted by molar-refractivity contribution is 5.78. The lowest BCUT2D eigenvalue weighted by molar-refractivity contribution is -0.121. The maximum atomic E-state index is 12.1. The van der Waals surface area contributed by atoms with Crippen LogP contribution in [0.5, 0.6) is 0 Å². The Bertz CT molecular complexity index is 443. The second-order valence-corrected chi connectivity index (χ2v) is 6.99. The third-order valence-corrected chi connectivity index (χ3v) is 3.51. The van der Waals surface area contributed by atoms with Gasteiger partial charge in [0.05, 0.1) is 12.6 Å². The lowest BCUT2D eigenvalue weighted by Crippen LogP contribution is -2.44. The molecule has 0 saturated carbocycles. The van der Waals surface area contributed by atoms with Crippen LogP contribution in [0, 0.1) is 5.92 Å². The van der Waals surface area contributed by atoms with Crippen molar-refractivity contribution in [1.29, 1.82) is 0 Å². The smallest absolute Gasteiger partial charge is 0.234 e. The van der Waals surface area contributed by atoms with Crippen LogP contribution in [0.15, 0.2) is 24.3 Å². The number of rotatable bonds is 6. The molecule has 1 aromatic rings. The molecule has 0 radical (unpaired) electrons. The largest absolute Gasteiger partial charge is 0.348 e. The van der Waals surface area contributed by atoms with Gasteiger partial charge >= 0.3 is 0 Å². The summed E-state index contributed by atoms with van der Waals surface area (Å²) in [6, 6.07) is 8.60. The first-order chi connectivity index (χ1) is 9.73. The molecule has 1 rings (SSSR count). The topological polar surface area (TPSA) is 41.1 Å². The Kier molecular flexibility index (Phi) is 6.41. The molecule has 21 heavy (non-hydrogen) atoms. The predicted molar refractivity (Wildman–Crippen MR) is 89.3 cm³/mol. The SMILES string of the molecule is CCc1ccc(C(NC(=O)CNC(C)(C)C)C(C)C)cc1. The maximum Gasteiger partial charge on any atom is 0.234 e. The monoisotopic (exact) mass is 290 g/mol. The molecule has 1 amide bonds. The van der Waals surface area contributed by atoms with Gasteiger partial charge in [-0.3, -0.25) is 4.79 Å². The number of amides is 1. The summed E-state index contributed by atoms with van der Waals surface area (Å²) >= 11 is 0. The molecule has 0 heterocycles. The Morgan fingerprint density at radius 3 is 2.14 bits per heavy atom. The number of carbonyl (C=O) groups excluding carboxylic acids is 1. The van der Waals surface area contributed by atoms with Gasteiger partial charge in [0, 0.05) is 5.54 Å². The fraction of sp³-hybridized carbons (Fsp3) is 0.611. The zero-order valence-corrected chi connectivity index (χ0v) is 14.3. The molecule has 0 aliphatic carbocycles. The molecule has 1 aromatic carbocycles. The van der Waals surface area contributed by atoms with Crippen LogP contribution < -0.4 is 10.6 Å². The van der Waals surface area contributed by atoms with Crippen molar-refractivity contribution in [2.75, 3.05) is 6.54 Å². The minimum absolute atomic E-state index is 0.0446. The second kappa shape index (κ2) is 7.60. The lowest BCUT2D eigenvalue weighted by Gasteiger charge is -2.25. The Morgan fingerprint density at radius 1 is 1.14 bits per heavy atom. The molecule has 118 valence electrons. The standard InChI is InChI=1S/C18H30N2O/c1-7-14-8-10-15(11-9-14)17(13(2)3)20-16(21)12-19-18(4,5)6/h8-11,13,17,19H,7,12H2,1-6H3,(H,20,21). The minimum Gasteiger partial charge on any atom is -0.348 e. The van der Waals surface area contributed by atoms with Gasteiger partial charge in [-0.1, -0.05) is 45.0 Å². The predicted octanol–water partition coefficient (Wildman–Crippen LogP) is 3.45. The van der Waals surface area contributed by atoms with Crippen molar-refractivity contribution in [3.05, 3.63) is 35.4 Å². The van der Waals surface area contributed by atoms with Crippen molar-refractivity contribution in [2.24, 2.45) is 5.92 Å². The van der Waals surface area contributed by atoms with Gasteiger partial charge in [-0.25, -0.2) is 0 Å². The number of hydrogen-bond donors (Lipinski definition) is 2. The molecule has 0 aliphatic rings. The van der Waals surface area contributed by atoms with Crippen LogP contribution in [0.4, 0.5) is 0 Å². The van der Waals surface area contributed by atoms with Gasteiger partial charge in [0.2, 0.25) is 5.91 Å². The summed E-state index contributed by atoms with van der Waals surface area (Å²) in [6.45, 7) is 12.9. The number of aryl methyl sites for hydroxylation is 1. The van der Waals surface area contributed by atoms with E-state index in [4.69, 9.17) is 0 Å². The van der Waals surface area contributed by atoms with Gasteiger partial charge in [0.25, 0.3) is 0 Å². The average Bonchev–Trinajstić information content (AvgIpc) is 2.41. The Hall–Kier alpha value is -1.35. The molecule has 0 spiro atoms. The van der Waals surface area contributed by atoms with E-state index in [1.54, 1.807) is 0 Å². The quantitative estimate of drug-likeness (QED) is 0.842. The van der Waals surface area contributed by atoms with Crippen molar-refractivity contribution >= 4 is 5.91 Å². The van der Waals surface area contributed by atoms with E-state index in [0.717, 1.165) is 6.42 Å². The van der Waals surface area contributed by atoms with E-state index in [1.165, 1.54) is 11.1 Å². The fourth-order valence-electron chi connectivity index (χ4n) is 2.17. The van der Waals surface area contributed by atoms with Crippen molar-refractivity contribution < 1.29 is 4.79 Å². The Morgan fingerprint density at radius 2 is 1.71 bits per heavy atom. The molecular weight excluding hydrogens is 260 g/mol. The zero-order chi connectivity index (χ0) is 16.0. The molecular formula is C18H30N2O. The van der Waals surface area contributed by atoms with Crippen LogP contribution in [0.2, 0.25) is 0 Å². The summed E-state index contributed by atoms with van der Waals surface area (Å²) in [6.07, 6.45) is 1.04. The van der Waals surface area contributed by atoms with E-state index in [-0.39, 0.29) is 17.5 Å². The normalized spacial score (nSPS) is 13.3. The molecule has 0 aromatic heterocycles. The van der Waals surface area contributed by atoms with Gasteiger partial charge in [0.1, 0.15) is 0 Å².